The Morgan fingerprint density at radius 3 is 2.33 bits per heavy atom. The maximum atomic E-state index is 14.2. The molecule has 0 radical (unpaired) electrons. The molecule has 1 aliphatic heterocycles. The zero-order valence-electron chi connectivity index (χ0n) is 23.6. The monoisotopic (exact) mass is 622 g/mol. The first kappa shape index (κ1) is 33.3. The Labute approximate surface area is 254 Å². The van der Waals surface area contributed by atoms with Gasteiger partial charge in [0.1, 0.15) is 5.75 Å². The quantitative estimate of drug-likeness (QED) is 0.191. The predicted molar refractivity (Wildman–Crippen MR) is 161 cm³/mol. The smallest absolute Gasteiger partial charge is 0.416 e. The number of hydrogen-bond donors (Lipinski definition) is 0. The van der Waals surface area contributed by atoms with Gasteiger partial charge in [-0.25, -0.2) is 0 Å². The normalized spacial score (nSPS) is 16.8. The topological polar surface area (TPSA) is 59.1 Å². The van der Waals surface area contributed by atoms with E-state index in [9.17, 15) is 22.8 Å². The molecule has 0 spiro atoms. The summed E-state index contributed by atoms with van der Waals surface area (Å²) in [7, 11) is 3.41. The number of carbonyl (C=O) groups excluding carboxylic acids is 2. The fourth-order valence-electron chi connectivity index (χ4n) is 4.98. The third-order valence-electron chi connectivity index (χ3n) is 7.07. The van der Waals surface area contributed by atoms with Crippen molar-refractivity contribution in [1.82, 2.24) is 4.90 Å². The average Bonchev–Trinajstić information content (AvgIpc) is 3.06. The number of halogens is 4. The van der Waals surface area contributed by atoms with Crippen molar-refractivity contribution >= 4 is 41.7 Å². The Morgan fingerprint density at radius 2 is 1.71 bits per heavy atom. The summed E-state index contributed by atoms with van der Waals surface area (Å²) in [5, 5.41) is 0. The molecule has 0 bridgehead atoms. The van der Waals surface area contributed by atoms with Crippen LogP contribution >= 0.6 is 24.2 Å². The van der Waals surface area contributed by atoms with Crippen LogP contribution in [0.1, 0.15) is 29.5 Å². The molecular formula is C31H34ClF3N2O4S. The first-order valence-electron chi connectivity index (χ1n) is 13.3. The van der Waals surface area contributed by atoms with Crippen LogP contribution in [0.15, 0.2) is 77.7 Å². The van der Waals surface area contributed by atoms with Crippen molar-refractivity contribution in [3.05, 3.63) is 89.5 Å². The third kappa shape index (κ3) is 8.20. The standard InChI is InChI=1S/C31H33F3N2O4S.ClH/c1-21(37)40-29-25(22-12-14-23(39-3)15-13-22)20-26-27(31(32,33)34)10-7-11-28(26)36(30(29)38)17-16-35(2)18-19-41-24-8-5-4-6-9-24;/h4-15,25,29H,16-20H2,1-3H3;1H/t25?,29-;/m1./s1. The minimum absolute atomic E-state index is 0. The number of alkyl halides is 3. The number of likely N-dealkylation sites (N-methyl/N-ethyl adjacent to an activating group) is 1. The van der Waals surface area contributed by atoms with Crippen molar-refractivity contribution in [2.24, 2.45) is 0 Å². The van der Waals surface area contributed by atoms with Crippen LogP contribution in [0, 0.1) is 0 Å². The number of methoxy groups -OCH3 is 1. The number of thioether (sulfide) groups is 1. The van der Waals surface area contributed by atoms with Crippen molar-refractivity contribution in [2.75, 3.05) is 44.4 Å². The van der Waals surface area contributed by atoms with Crippen LogP contribution in [0.4, 0.5) is 18.9 Å². The van der Waals surface area contributed by atoms with E-state index in [4.69, 9.17) is 9.47 Å². The lowest BCUT2D eigenvalue weighted by atomic mass is 9.86. The predicted octanol–water partition coefficient (Wildman–Crippen LogP) is 6.46. The second-order valence-corrected chi connectivity index (χ2v) is 11.0. The van der Waals surface area contributed by atoms with Gasteiger partial charge in [0, 0.05) is 48.8 Å². The second-order valence-electron chi connectivity index (χ2n) is 9.87. The van der Waals surface area contributed by atoms with Crippen molar-refractivity contribution in [1.29, 1.82) is 0 Å². The van der Waals surface area contributed by atoms with Crippen molar-refractivity contribution < 1.29 is 32.2 Å². The highest BCUT2D eigenvalue weighted by atomic mass is 35.5. The van der Waals surface area contributed by atoms with E-state index in [1.807, 2.05) is 42.3 Å². The van der Waals surface area contributed by atoms with Crippen LogP contribution in [-0.2, 0) is 26.9 Å². The minimum atomic E-state index is -4.63. The minimum Gasteiger partial charge on any atom is -0.497 e. The summed E-state index contributed by atoms with van der Waals surface area (Å²) in [6.07, 6.45) is -6.06. The van der Waals surface area contributed by atoms with E-state index in [0.717, 1.165) is 16.7 Å². The Balaban J connectivity index is 0.00000484. The number of amides is 1. The van der Waals surface area contributed by atoms with E-state index in [0.29, 0.717) is 24.4 Å². The number of fused-ring (bicyclic) bond motifs is 1. The molecule has 0 aliphatic carbocycles. The van der Waals surface area contributed by atoms with Crippen molar-refractivity contribution in [2.45, 2.75) is 36.4 Å². The molecule has 0 saturated carbocycles. The molecule has 2 atom stereocenters. The molecule has 6 nitrogen and oxygen atoms in total. The van der Waals surface area contributed by atoms with E-state index >= 15 is 0 Å². The molecule has 1 heterocycles. The Morgan fingerprint density at radius 1 is 1.02 bits per heavy atom. The molecule has 3 aromatic rings. The molecule has 226 valence electrons. The van der Waals surface area contributed by atoms with Crippen LogP contribution < -0.4 is 9.64 Å². The van der Waals surface area contributed by atoms with Gasteiger partial charge in [0.25, 0.3) is 5.91 Å². The van der Waals surface area contributed by atoms with Gasteiger partial charge < -0.3 is 19.3 Å². The second kappa shape index (κ2) is 14.8. The summed E-state index contributed by atoms with van der Waals surface area (Å²) < 4.78 is 53.5. The molecule has 4 rings (SSSR count). The average molecular weight is 623 g/mol. The molecule has 1 aliphatic rings. The Kier molecular flexibility index (Phi) is 11.7. The summed E-state index contributed by atoms with van der Waals surface area (Å²) in [5.41, 5.74) is -0.0382. The summed E-state index contributed by atoms with van der Waals surface area (Å²) in [4.78, 5) is 30.7. The van der Waals surface area contributed by atoms with Crippen molar-refractivity contribution in [3.63, 3.8) is 0 Å². The van der Waals surface area contributed by atoms with Gasteiger partial charge in [-0.1, -0.05) is 36.4 Å². The van der Waals surface area contributed by atoms with Gasteiger partial charge in [-0.15, -0.1) is 24.2 Å². The molecule has 0 saturated heterocycles. The van der Waals surface area contributed by atoms with Crippen LogP contribution in [-0.4, -0.2) is 62.4 Å². The summed E-state index contributed by atoms with van der Waals surface area (Å²) in [6, 6.07) is 20.6. The molecule has 0 fully saturated rings. The highest BCUT2D eigenvalue weighted by molar-refractivity contribution is 7.99. The maximum absolute atomic E-state index is 14.2. The van der Waals surface area contributed by atoms with Gasteiger partial charge in [-0.2, -0.15) is 13.2 Å². The van der Waals surface area contributed by atoms with Gasteiger partial charge in [0.05, 0.1) is 12.7 Å². The SMILES string of the molecule is COc1ccc(C2Cc3c(cccc3C(F)(F)F)N(CCN(C)CCSc3ccccc3)C(=O)[C@@H]2OC(C)=O)cc1.Cl. The lowest BCUT2D eigenvalue weighted by Gasteiger charge is -2.29. The lowest BCUT2D eigenvalue weighted by molar-refractivity contribution is -0.154. The molecular weight excluding hydrogens is 589 g/mol. The van der Waals surface area contributed by atoms with Crippen LogP contribution in [0.3, 0.4) is 0 Å². The fraction of sp³-hybridized carbons (Fsp3) is 0.355. The first-order chi connectivity index (χ1) is 19.6. The number of anilines is 1. The lowest BCUT2D eigenvalue weighted by Crippen LogP contribution is -2.46. The van der Waals surface area contributed by atoms with Gasteiger partial charge in [0.2, 0.25) is 0 Å². The molecule has 42 heavy (non-hydrogen) atoms. The largest absolute Gasteiger partial charge is 0.497 e. The summed E-state index contributed by atoms with van der Waals surface area (Å²) >= 11 is 1.70. The van der Waals surface area contributed by atoms with Gasteiger partial charge in [0.15, 0.2) is 6.10 Å². The molecule has 1 amide bonds. The number of esters is 1. The van der Waals surface area contributed by atoms with Crippen LogP contribution in [0.25, 0.3) is 0 Å². The fourth-order valence-corrected chi connectivity index (χ4v) is 5.97. The van der Waals surface area contributed by atoms with Crippen LogP contribution in [0.5, 0.6) is 5.75 Å². The summed E-state index contributed by atoms with van der Waals surface area (Å²) in [5.74, 6) is -0.697. The number of hydrogen-bond acceptors (Lipinski definition) is 6. The zero-order valence-corrected chi connectivity index (χ0v) is 25.2. The first-order valence-corrected chi connectivity index (χ1v) is 14.2. The van der Waals surface area contributed by atoms with Gasteiger partial charge in [-0.05, 0) is 61.0 Å². The van der Waals surface area contributed by atoms with E-state index in [-0.39, 0.29) is 36.6 Å². The maximum Gasteiger partial charge on any atom is 0.416 e. The third-order valence-corrected chi connectivity index (χ3v) is 8.07. The van der Waals surface area contributed by atoms with Gasteiger partial charge >= 0.3 is 12.1 Å². The number of benzene rings is 3. The van der Waals surface area contributed by atoms with Gasteiger partial charge in [-0.3, -0.25) is 9.59 Å². The van der Waals surface area contributed by atoms with E-state index in [1.165, 1.54) is 31.1 Å². The van der Waals surface area contributed by atoms with Crippen LogP contribution in [0.2, 0.25) is 0 Å². The van der Waals surface area contributed by atoms with E-state index < -0.39 is 35.6 Å². The number of nitrogens with zero attached hydrogens (tertiary/aromatic N) is 2. The van der Waals surface area contributed by atoms with E-state index in [1.54, 1.807) is 36.0 Å². The zero-order chi connectivity index (χ0) is 29.6. The number of carbonyl (C=O) groups is 2. The molecule has 3 aromatic carbocycles. The molecule has 0 N–H and O–H groups in total. The molecule has 11 heteroatoms. The highest BCUT2D eigenvalue weighted by Gasteiger charge is 2.44. The highest BCUT2D eigenvalue weighted by Crippen LogP contribution is 2.43. The van der Waals surface area contributed by atoms with Crippen molar-refractivity contribution in [3.8, 4) is 5.75 Å². The van der Waals surface area contributed by atoms with E-state index in [2.05, 4.69) is 0 Å². The Hall–Kier alpha value is -3.21. The number of ether oxygens (including phenoxy) is 2. The number of rotatable bonds is 10. The summed E-state index contributed by atoms with van der Waals surface area (Å²) in [6.45, 7) is 2.45. The molecule has 0 aromatic heterocycles. The Bertz CT molecular complexity index is 1340. The molecule has 1 unspecified atom stereocenters.